The zero-order valence-corrected chi connectivity index (χ0v) is 30.5. The van der Waals surface area contributed by atoms with Crippen molar-refractivity contribution in [2.75, 3.05) is 4.90 Å². The molecule has 0 amide bonds. The highest BCUT2D eigenvalue weighted by Gasteiger charge is 2.17. The number of para-hydroxylation sites is 1. The van der Waals surface area contributed by atoms with Crippen LogP contribution in [0.2, 0.25) is 0 Å². The molecule has 9 aromatic rings. The fourth-order valence-electron chi connectivity index (χ4n) is 7.58. The Morgan fingerprint density at radius 2 is 1.09 bits per heavy atom. The number of rotatable bonds is 10. The van der Waals surface area contributed by atoms with Gasteiger partial charge in [-0.05, 0) is 111 Å². The first-order valence-electron chi connectivity index (χ1n) is 18.8. The van der Waals surface area contributed by atoms with E-state index in [-0.39, 0.29) is 0 Å². The van der Waals surface area contributed by atoms with Crippen molar-refractivity contribution >= 4 is 49.8 Å². The molecule has 0 unspecified atom stereocenters. The molecule has 8 aromatic carbocycles. The molecule has 0 radical (unpaired) electrons. The van der Waals surface area contributed by atoms with Gasteiger partial charge in [-0.2, -0.15) is 0 Å². The predicted molar refractivity (Wildman–Crippen MR) is 234 cm³/mol. The van der Waals surface area contributed by atoms with Gasteiger partial charge in [-0.15, -0.1) is 0 Å². The topological polar surface area (TPSA) is 16.4 Å². The van der Waals surface area contributed by atoms with Crippen LogP contribution in [0.1, 0.15) is 5.56 Å². The molecule has 0 aliphatic rings. The molecule has 262 valence electrons. The average molecular weight is 706 g/mol. The number of hydrogen-bond acceptors (Lipinski definition) is 2. The summed E-state index contributed by atoms with van der Waals surface area (Å²) in [5.41, 5.74) is 13.4. The molecule has 55 heavy (non-hydrogen) atoms. The first kappa shape index (κ1) is 33.7. The fraction of sp³-hybridized carbons (Fsp3) is 0.0189. The van der Waals surface area contributed by atoms with Crippen LogP contribution in [0.15, 0.2) is 223 Å². The van der Waals surface area contributed by atoms with Crippen LogP contribution in [-0.2, 0) is 6.42 Å². The standard InChI is InChI=1S/C53H39NO/c1-2-3-4-5-8-15-38-22-29-44(30-23-38)54(46-33-34-47(40-16-9-6-10-17-40)49(37-46)41-18-11-7-12-19-41)45-31-26-39(27-32-45)43-25-24-42-28-35-52-53(50(42)36-43)48-20-13-14-21-51(48)55-52/h2-14,16-37H,1,15H2/b4-3-,8-5-. The van der Waals surface area contributed by atoms with E-state index >= 15 is 0 Å². The van der Waals surface area contributed by atoms with Gasteiger partial charge in [0.05, 0.1) is 0 Å². The molecule has 0 aliphatic carbocycles. The highest BCUT2D eigenvalue weighted by Crippen LogP contribution is 2.42. The minimum atomic E-state index is 0.854. The van der Waals surface area contributed by atoms with Gasteiger partial charge < -0.3 is 9.32 Å². The second-order valence-corrected chi connectivity index (χ2v) is 13.7. The average Bonchev–Trinajstić information content (AvgIpc) is 3.64. The van der Waals surface area contributed by atoms with Crippen LogP contribution in [0.5, 0.6) is 0 Å². The summed E-state index contributed by atoms with van der Waals surface area (Å²) in [6.07, 6.45) is 10.8. The summed E-state index contributed by atoms with van der Waals surface area (Å²) in [7, 11) is 0. The quantitative estimate of drug-likeness (QED) is 0.132. The van der Waals surface area contributed by atoms with Crippen LogP contribution in [0.25, 0.3) is 66.1 Å². The Morgan fingerprint density at radius 1 is 0.455 bits per heavy atom. The van der Waals surface area contributed by atoms with E-state index in [0.29, 0.717) is 0 Å². The molecule has 1 aromatic heterocycles. The summed E-state index contributed by atoms with van der Waals surface area (Å²) in [6, 6.07) is 65.3. The van der Waals surface area contributed by atoms with E-state index in [1.54, 1.807) is 6.08 Å². The zero-order valence-electron chi connectivity index (χ0n) is 30.5. The predicted octanol–water partition coefficient (Wildman–Crippen LogP) is 15.1. The smallest absolute Gasteiger partial charge is 0.136 e. The summed E-state index contributed by atoms with van der Waals surface area (Å²) >= 11 is 0. The summed E-state index contributed by atoms with van der Waals surface area (Å²) < 4.78 is 6.23. The number of benzene rings is 8. The summed E-state index contributed by atoms with van der Waals surface area (Å²) in [5.74, 6) is 0. The molecule has 0 spiro atoms. The molecule has 0 atom stereocenters. The molecule has 2 nitrogen and oxygen atoms in total. The first-order valence-corrected chi connectivity index (χ1v) is 18.8. The largest absolute Gasteiger partial charge is 0.456 e. The number of hydrogen-bond donors (Lipinski definition) is 0. The van der Waals surface area contributed by atoms with E-state index in [9.17, 15) is 0 Å². The number of fused-ring (bicyclic) bond motifs is 5. The Hall–Kier alpha value is -7.16. The van der Waals surface area contributed by atoms with Gasteiger partial charge >= 0.3 is 0 Å². The van der Waals surface area contributed by atoms with E-state index in [2.05, 4.69) is 193 Å². The third-order valence-corrected chi connectivity index (χ3v) is 10.3. The normalized spacial score (nSPS) is 11.6. The molecule has 0 bridgehead atoms. The molecular weight excluding hydrogens is 667 g/mol. The summed E-state index contributed by atoms with van der Waals surface area (Å²) in [5, 5.41) is 4.71. The summed E-state index contributed by atoms with van der Waals surface area (Å²) in [4.78, 5) is 2.36. The molecule has 9 rings (SSSR count). The van der Waals surface area contributed by atoms with Gasteiger partial charge in [-0.25, -0.2) is 0 Å². The van der Waals surface area contributed by atoms with Gasteiger partial charge in [0.15, 0.2) is 0 Å². The second-order valence-electron chi connectivity index (χ2n) is 13.7. The van der Waals surface area contributed by atoms with E-state index in [1.165, 1.54) is 44.2 Å². The fourth-order valence-corrected chi connectivity index (χ4v) is 7.58. The van der Waals surface area contributed by atoms with Crippen molar-refractivity contribution < 1.29 is 4.42 Å². The van der Waals surface area contributed by atoms with Crippen LogP contribution in [-0.4, -0.2) is 0 Å². The Morgan fingerprint density at radius 3 is 1.84 bits per heavy atom. The Balaban J connectivity index is 1.13. The maximum Gasteiger partial charge on any atom is 0.136 e. The second kappa shape index (κ2) is 15.1. The van der Waals surface area contributed by atoms with Crippen LogP contribution >= 0.6 is 0 Å². The molecule has 0 saturated carbocycles. The highest BCUT2D eigenvalue weighted by molar-refractivity contribution is 6.19. The zero-order chi connectivity index (χ0) is 37.0. The van der Waals surface area contributed by atoms with Gasteiger partial charge in [-0.3, -0.25) is 0 Å². The van der Waals surface area contributed by atoms with Gasteiger partial charge in [0.25, 0.3) is 0 Å². The number of allylic oxidation sites excluding steroid dienone is 5. The maximum atomic E-state index is 6.23. The van der Waals surface area contributed by atoms with E-state index in [1.807, 2.05) is 24.3 Å². The lowest BCUT2D eigenvalue weighted by Gasteiger charge is -2.27. The Kier molecular flexibility index (Phi) is 9.22. The monoisotopic (exact) mass is 705 g/mol. The van der Waals surface area contributed by atoms with Crippen molar-refractivity contribution in [3.63, 3.8) is 0 Å². The lowest BCUT2D eigenvalue weighted by Crippen LogP contribution is -2.10. The lowest BCUT2D eigenvalue weighted by molar-refractivity contribution is 0.669. The Bertz CT molecular complexity index is 2830. The molecule has 0 N–H and O–H groups in total. The van der Waals surface area contributed by atoms with E-state index in [4.69, 9.17) is 4.42 Å². The third kappa shape index (κ3) is 6.78. The minimum absolute atomic E-state index is 0.854. The van der Waals surface area contributed by atoms with Crippen LogP contribution in [0.3, 0.4) is 0 Å². The van der Waals surface area contributed by atoms with Crippen molar-refractivity contribution in [2.45, 2.75) is 6.42 Å². The van der Waals surface area contributed by atoms with E-state index in [0.717, 1.165) is 51.0 Å². The molecule has 0 saturated heterocycles. The Labute approximate surface area is 322 Å². The SMILES string of the molecule is C=C/C=C\C=C/Cc1ccc(N(c2ccc(-c3ccc4ccc5oc6ccccc6c5c4c3)cc2)c2ccc(-c3ccccc3)c(-c3ccccc3)c2)cc1. The minimum Gasteiger partial charge on any atom is -0.456 e. The summed E-state index contributed by atoms with van der Waals surface area (Å²) in [6.45, 7) is 3.75. The first-order chi connectivity index (χ1) is 27.2. The van der Waals surface area contributed by atoms with Crippen LogP contribution in [0.4, 0.5) is 17.1 Å². The highest BCUT2D eigenvalue weighted by atomic mass is 16.3. The van der Waals surface area contributed by atoms with Crippen molar-refractivity contribution in [3.8, 4) is 33.4 Å². The number of nitrogens with zero attached hydrogens (tertiary/aromatic N) is 1. The molecular formula is C53H39NO. The molecule has 2 heteroatoms. The van der Waals surface area contributed by atoms with Crippen molar-refractivity contribution in [1.29, 1.82) is 0 Å². The van der Waals surface area contributed by atoms with Gasteiger partial charge in [-0.1, -0.05) is 164 Å². The third-order valence-electron chi connectivity index (χ3n) is 10.3. The van der Waals surface area contributed by atoms with Gasteiger partial charge in [0, 0.05) is 27.8 Å². The van der Waals surface area contributed by atoms with E-state index < -0.39 is 0 Å². The lowest BCUT2D eigenvalue weighted by atomic mass is 9.93. The van der Waals surface area contributed by atoms with Gasteiger partial charge in [0.2, 0.25) is 0 Å². The van der Waals surface area contributed by atoms with Crippen molar-refractivity contribution in [1.82, 2.24) is 0 Å². The van der Waals surface area contributed by atoms with Crippen LogP contribution in [0, 0.1) is 0 Å². The number of anilines is 3. The maximum absolute atomic E-state index is 6.23. The number of furan rings is 1. The van der Waals surface area contributed by atoms with Gasteiger partial charge in [0.1, 0.15) is 11.2 Å². The van der Waals surface area contributed by atoms with Crippen LogP contribution < -0.4 is 4.90 Å². The van der Waals surface area contributed by atoms with Crippen molar-refractivity contribution in [3.05, 3.63) is 225 Å². The molecule has 0 fully saturated rings. The van der Waals surface area contributed by atoms with Crippen molar-refractivity contribution in [2.24, 2.45) is 0 Å². The molecule has 1 heterocycles. The molecule has 0 aliphatic heterocycles.